The standard InChI is InChI=1S/C15H16N4O/c1-20-9-7-17-15-16-6-8-19(15)13-10-12-4-2-3-5-14(12)18-11-13/h2-6,8,10-11H,7,9H2,1H3,(H,16,17). The van der Waals surface area contributed by atoms with Crippen LogP contribution in [0.25, 0.3) is 16.6 Å². The van der Waals surface area contributed by atoms with Crippen LogP contribution in [0.1, 0.15) is 0 Å². The molecule has 102 valence electrons. The zero-order chi connectivity index (χ0) is 13.8. The number of methoxy groups -OCH3 is 1. The van der Waals surface area contributed by atoms with E-state index in [1.807, 2.05) is 35.2 Å². The molecule has 1 aromatic carbocycles. The Morgan fingerprint density at radius 1 is 1.25 bits per heavy atom. The quantitative estimate of drug-likeness (QED) is 0.722. The van der Waals surface area contributed by atoms with Gasteiger partial charge in [0.2, 0.25) is 5.95 Å². The largest absolute Gasteiger partial charge is 0.383 e. The molecule has 2 aromatic heterocycles. The minimum atomic E-state index is 0.642. The zero-order valence-electron chi connectivity index (χ0n) is 11.3. The number of hydrogen-bond acceptors (Lipinski definition) is 4. The fourth-order valence-corrected chi connectivity index (χ4v) is 2.10. The molecule has 0 atom stereocenters. The van der Waals surface area contributed by atoms with Crippen molar-refractivity contribution in [2.24, 2.45) is 0 Å². The van der Waals surface area contributed by atoms with Crippen LogP contribution >= 0.6 is 0 Å². The van der Waals surface area contributed by atoms with Gasteiger partial charge in [-0.25, -0.2) is 4.98 Å². The van der Waals surface area contributed by atoms with Crippen LogP contribution < -0.4 is 5.32 Å². The van der Waals surface area contributed by atoms with Gasteiger partial charge in [-0.2, -0.15) is 0 Å². The molecule has 0 amide bonds. The van der Waals surface area contributed by atoms with Crippen molar-refractivity contribution >= 4 is 16.9 Å². The summed E-state index contributed by atoms with van der Waals surface area (Å²) < 4.78 is 7.01. The van der Waals surface area contributed by atoms with Gasteiger partial charge < -0.3 is 10.1 Å². The fraction of sp³-hybridized carbons (Fsp3) is 0.200. The average molecular weight is 268 g/mol. The smallest absolute Gasteiger partial charge is 0.207 e. The van der Waals surface area contributed by atoms with Crippen LogP contribution in [0.15, 0.2) is 48.9 Å². The van der Waals surface area contributed by atoms with Crippen LogP contribution in [0.4, 0.5) is 5.95 Å². The number of hydrogen-bond donors (Lipinski definition) is 1. The topological polar surface area (TPSA) is 52.0 Å². The van der Waals surface area contributed by atoms with Crippen molar-refractivity contribution in [1.82, 2.24) is 14.5 Å². The predicted molar refractivity (Wildman–Crippen MR) is 79.2 cm³/mol. The number of nitrogens with zero attached hydrogens (tertiary/aromatic N) is 3. The molecule has 0 saturated carbocycles. The second-order valence-electron chi connectivity index (χ2n) is 4.43. The number of para-hydroxylation sites is 1. The highest BCUT2D eigenvalue weighted by Crippen LogP contribution is 2.18. The van der Waals surface area contributed by atoms with E-state index in [9.17, 15) is 0 Å². The Labute approximate surface area is 117 Å². The molecule has 0 spiro atoms. The third-order valence-corrected chi connectivity index (χ3v) is 3.08. The van der Waals surface area contributed by atoms with Crippen molar-refractivity contribution in [3.05, 3.63) is 48.9 Å². The van der Waals surface area contributed by atoms with E-state index in [-0.39, 0.29) is 0 Å². The maximum absolute atomic E-state index is 5.03. The van der Waals surface area contributed by atoms with Gasteiger partial charge in [-0.1, -0.05) is 18.2 Å². The Bertz CT molecular complexity index is 708. The Balaban J connectivity index is 1.92. The second-order valence-corrected chi connectivity index (χ2v) is 4.43. The van der Waals surface area contributed by atoms with Crippen LogP contribution in [0, 0.1) is 0 Å². The summed E-state index contributed by atoms with van der Waals surface area (Å²) in [7, 11) is 1.68. The Hall–Kier alpha value is -2.40. The number of ether oxygens (including phenoxy) is 1. The molecule has 0 saturated heterocycles. The molecule has 5 heteroatoms. The van der Waals surface area contributed by atoms with Crippen molar-refractivity contribution in [1.29, 1.82) is 0 Å². The van der Waals surface area contributed by atoms with Gasteiger partial charge in [0.1, 0.15) is 0 Å². The van der Waals surface area contributed by atoms with Crippen LogP contribution in [0.2, 0.25) is 0 Å². The summed E-state index contributed by atoms with van der Waals surface area (Å²) in [5.41, 5.74) is 1.98. The summed E-state index contributed by atoms with van der Waals surface area (Å²) in [6, 6.07) is 10.2. The molecular formula is C15H16N4O. The molecule has 0 unspecified atom stereocenters. The molecule has 5 nitrogen and oxygen atoms in total. The van der Waals surface area contributed by atoms with Gasteiger partial charge in [0, 0.05) is 31.4 Å². The minimum absolute atomic E-state index is 0.642. The van der Waals surface area contributed by atoms with Crippen LogP contribution in [0.3, 0.4) is 0 Å². The first-order valence-corrected chi connectivity index (χ1v) is 6.50. The van der Waals surface area contributed by atoms with Crippen molar-refractivity contribution in [3.8, 4) is 5.69 Å². The third-order valence-electron chi connectivity index (χ3n) is 3.08. The van der Waals surface area contributed by atoms with E-state index in [0.717, 1.165) is 22.5 Å². The summed E-state index contributed by atoms with van der Waals surface area (Å²) in [5, 5.41) is 4.35. The Morgan fingerprint density at radius 2 is 2.15 bits per heavy atom. The maximum Gasteiger partial charge on any atom is 0.207 e. The molecule has 0 aliphatic heterocycles. The maximum atomic E-state index is 5.03. The second kappa shape index (κ2) is 5.71. The number of aromatic nitrogens is 3. The van der Waals surface area contributed by atoms with Gasteiger partial charge in [0.05, 0.1) is 24.0 Å². The number of nitrogens with one attached hydrogen (secondary N) is 1. The molecule has 20 heavy (non-hydrogen) atoms. The minimum Gasteiger partial charge on any atom is -0.383 e. The average Bonchev–Trinajstić information content (AvgIpc) is 2.95. The molecule has 3 aromatic rings. The highest BCUT2D eigenvalue weighted by atomic mass is 16.5. The fourth-order valence-electron chi connectivity index (χ4n) is 2.10. The first-order chi connectivity index (χ1) is 9.88. The third kappa shape index (κ3) is 2.48. The molecule has 0 fully saturated rings. The molecule has 0 aliphatic rings. The molecular weight excluding hydrogens is 252 g/mol. The van der Waals surface area contributed by atoms with E-state index in [0.29, 0.717) is 13.2 Å². The summed E-state index contributed by atoms with van der Waals surface area (Å²) in [6.07, 6.45) is 5.54. The Morgan fingerprint density at radius 3 is 3.05 bits per heavy atom. The van der Waals surface area contributed by atoms with Gasteiger partial charge in [0.15, 0.2) is 0 Å². The van der Waals surface area contributed by atoms with Crippen molar-refractivity contribution in [3.63, 3.8) is 0 Å². The summed E-state index contributed by atoms with van der Waals surface area (Å²) in [5.74, 6) is 0.791. The van der Waals surface area contributed by atoms with E-state index in [1.165, 1.54) is 0 Å². The molecule has 3 rings (SSSR count). The van der Waals surface area contributed by atoms with Gasteiger partial charge in [-0.05, 0) is 12.1 Å². The van der Waals surface area contributed by atoms with Crippen molar-refractivity contribution < 1.29 is 4.74 Å². The predicted octanol–water partition coefficient (Wildman–Crippen LogP) is 2.48. The lowest BCUT2D eigenvalue weighted by molar-refractivity contribution is 0.210. The lowest BCUT2D eigenvalue weighted by Crippen LogP contribution is -2.11. The highest BCUT2D eigenvalue weighted by Gasteiger charge is 2.05. The van der Waals surface area contributed by atoms with Gasteiger partial charge >= 0.3 is 0 Å². The summed E-state index contributed by atoms with van der Waals surface area (Å²) in [4.78, 5) is 8.79. The highest BCUT2D eigenvalue weighted by molar-refractivity contribution is 5.80. The lowest BCUT2D eigenvalue weighted by atomic mass is 10.2. The van der Waals surface area contributed by atoms with E-state index in [1.54, 1.807) is 13.3 Å². The lowest BCUT2D eigenvalue weighted by Gasteiger charge is -2.10. The number of rotatable bonds is 5. The van der Waals surface area contributed by atoms with E-state index in [2.05, 4.69) is 27.4 Å². The molecule has 1 N–H and O–H groups in total. The van der Waals surface area contributed by atoms with E-state index < -0.39 is 0 Å². The van der Waals surface area contributed by atoms with Crippen LogP contribution in [0.5, 0.6) is 0 Å². The van der Waals surface area contributed by atoms with E-state index in [4.69, 9.17) is 4.74 Å². The number of benzene rings is 1. The Kier molecular flexibility index (Phi) is 3.60. The van der Waals surface area contributed by atoms with Gasteiger partial charge in [0.25, 0.3) is 0 Å². The summed E-state index contributed by atoms with van der Waals surface area (Å²) in [6.45, 7) is 1.36. The monoisotopic (exact) mass is 268 g/mol. The molecule has 0 bridgehead atoms. The van der Waals surface area contributed by atoms with Crippen molar-refractivity contribution in [2.75, 3.05) is 25.6 Å². The first-order valence-electron chi connectivity index (χ1n) is 6.50. The van der Waals surface area contributed by atoms with Crippen LogP contribution in [-0.4, -0.2) is 34.8 Å². The normalized spacial score (nSPS) is 10.8. The zero-order valence-corrected chi connectivity index (χ0v) is 11.3. The number of fused-ring (bicyclic) bond motifs is 1. The molecule has 0 aliphatic carbocycles. The number of imidazole rings is 1. The SMILES string of the molecule is COCCNc1nccn1-c1cnc2ccccc2c1. The number of pyridine rings is 1. The summed E-state index contributed by atoms with van der Waals surface area (Å²) >= 11 is 0. The van der Waals surface area contributed by atoms with Gasteiger partial charge in [-0.15, -0.1) is 0 Å². The van der Waals surface area contributed by atoms with Crippen LogP contribution in [-0.2, 0) is 4.74 Å². The molecule has 2 heterocycles. The van der Waals surface area contributed by atoms with E-state index >= 15 is 0 Å². The van der Waals surface area contributed by atoms with Crippen molar-refractivity contribution in [2.45, 2.75) is 0 Å². The number of anilines is 1. The first kappa shape index (κ1) is 12.6. The molecule has 0 radical (unpaired) electrons. The van der Waals surface area contributed by atoms with Gasteiger partial charge in [-0.3, -0.25) is 9.55 Å².